The molecule has 2 amide bonds. The Labute approximate surface area is 200 Å². The fourth-order valence-electron chi connectivity index (χ4n) is 5.90. The van der Waals surface area contributed by atoms with Crippen molar-refractivity contribution in [3.63, 3.8) is 0 Å². The third kappa shape index (κ3) is 3.93. The van der Waals surface area contributed by atoms with Crippen LogP contribution in [0.25, 0.3) is 0 Å². The van der Waals surface area contributed by atoms with E-state index < -0.39 is 32.9 Å². The number of nitrogens with zero attached hydrogens (tertiary/aromatic N) is 2. The SMILES string of the molecule is CC(C)(C)N1CC=C[C@]23S[C@@]4(C)C=CCCOC(=O)[C@H]4[C@H]2C(=O)N(CCCCCO)C3C1=O. The van der Waals surface area contributed by atoms with Crippen LogP contribution in [-0.4, -0.2) is 80.1 Å². The third-order valence-electron chi connectivity index (χ3n) is 7.39. The Kier molecular flexibility index (Phi) is 6.46. The van der Waals surface area contributed by atoms with E-state index >= 15 is 0 Å². The van der Waals surface area contributed by atoms with E-state index in [0.717, 1.165) is 6.42 Å². The molecule has 0 radical (unpaired) electrons. The molecule has 4 heterocycles. The Hall–Kier alpha value is -1.80. The van der Waals surface area contributed by atoms with E-state index in [9.17, 15) is 14.4 Å². The van der Waals surface area contributed by atoms with Gasteiger partial charge in [-0.15, -0.1) is 11.8 Å². The van der Waals surface area contributed by atoms with Crippen molar-refractivity contribution in [3.05, 3.63) is 24.3 Å². The molecule has 33 heavy (non-hydrogen) atoms. The Balaban J connectivity index is 1.81. The van der Waals surface area contributed by atoms with Crippen molar-refractivity contribution in [1.82, 2.24) is 9.80 Å². The molecule has 2 saturated heterocycles. The molecular formula is C25H36N2O5S. The summed E-state index contributed by atoms with van der Waals surface area (Å²) >= 11 is 1.58. The Morgan fingerprint density at radius 3 is 2.55 bits per heavy atom. The van der Waals surface area contributed by atoms with Gasteiger partial charge in [-0.1, -0.05) is 24.3 Å². The monoisotopic (exact) mass is 476 g/mol. The van der Waals surface area contributed by atoms with Crippen LogP contribution >= 0.6 is 11.8 Å². The molecular weight excluding hydrogens is 440 g/mol. The zero-order valence-electron chi connectivity index (χ0n) is 20.1. The number of aliphatic hydroxyl groups excluding tert-OH is 1. The molecule has 1 spiro atoms. The van der Waals surface area contributed by atoms with Crippen LogP contribution < -0.4 is 0 Å². The van der Waals surface area contributed by atoms with E-state index in [-0.39, 0.29) is 24.4 Å². The number of cyclic esters (lactones) is 1. The predicted molar refractivity (Wildman–Crippen MR) is 127 cm³/mol. The van der Waals surface area contributed by atoms with E-state index in [1.165, 1.54) is 0 Å². The topological polar surface area (TPSA) is 87.2 Å². The minimum absolute atomic E-state index is 0.0618. The van der Waals surface area contributed by atoms with Crippen molar-refractivity contribution in [2.24, 2.45) is 11.8 Å². The zero-order chi connectivity index (χ0) is 24.0. The number of ether oxygens (including phenoxy) is 1. The summed E-state index contributed by atoms with van der Waals surface area (Å²) in [6.07, 6.45) is 10.9. The first-order valence-corrected chi connectivity index (χ1v) is 12.8. The van der Waals surface area contributed by atoms with Gasteiger partial charge in [0.1, 0.15) is 6.04 Å². The largest absolute Gasteiger partial charge is 0.465 e. The first-order valence-electron chi connectivity index (χ1n) is 12.0. The summed E-state index contributed by atoms with van der Waals surface area (Å²) in [5, 5.41) is 9.16. The van der Waals surface area contributed by atoms with Crippen molar-refractivity contribution in [2.75, 3.05) is 26.3 Å². The van der Waals surface area contributed by atoms with Crippen LogP contribution in [0.15, 0.2) is 24.3 Å². The fourth-order valence-corrected chi connectivity index (χ4v) is 8.06. The quantitative estimate of drug-likeness (QED) is 0.373. The molecule has 0 bridgehead atoms. The van der Waals surface area contributed by atoms with E-state index in [1.54, 1.807) is 16.7 Å². The van der Waals surface area contributed by atoms with Crippen molar-refractivity contribution < 1.29 is 24.2 Å². The number of hydrogen-bond donors (Lipinski definition) is 1. The maximum Gasteiger partial charge on any atom is 0.311 e. The van der Waals surface area contributed by atoms with Crippen molar-refractivity contribution in [3.8, 4) is 0 Å². The lowest BCUT2D eigenvalue weighted by Gasteiger charge is -2.41. The normalized spacial score (nSPS) is 36.2. The van der Waals surface area contributed by atoms with Gasteiger partial charge in [0.15, 0.2) is 0 Å². The highest BCUT2D eigenvalue weighted by molar-refractivity contribution is 8.02. The molecule has 0 saturated carbocycles. The smallest absolute Gasteiger partial charge is 0.311 e. The molecule has 7 nitrogen and oxygen atoms in total. The second-order valence-electron chi connectivity index (χ2n) is 10.7. The number of unbranched alkanes of at least 4 members (excludes halogenated alkanes) is 2. The molecule has 4 aliphatic rings. The molecule has 182 valence electrons. The minimum Gasteiger partial charge on any atom is -0.465 e. The standard InChI is InChI=1S/C25H36N2O5S/c1-23(2,3)27-14-10-12-25-17(18-22(31)32-16-9-6-11-24(18,4)33-25)20(29)26(19(25)21(27)30)13-7-5-8-15-28/h6,10-12,17-19,28H,5,7-9,13-16H2,1-4H3/t17-,18+,19?,24-,25-/m0/s1. The highest BCUT2D eigenvalue weighted by Gasteiger charge is 2.74. The molecule has 2 fully saturated rings. The average molecular weight is 477 g/mol. The summed E-state index contributed by atoms with van der Waals surface area (Å²) in [5.41, 5.74) is -0.398. The summed E-state index contributed by atoms with van der Waals surface area (Å²) in [5.74, 6) is -1.83. The highest BCUT2D eigenvalue weighted by Crippen LogP contribution is 2.65. The summed E-state index contributed by atoms with van der Waals surface area (Å²) in [6.45, 7) is 9.35. The van der Waals surface area contributed by atoms with Crippen LogP contribution in [-0.2, 0) is 19.1 Å². The number of thioether (sulfide) groups is 1. The molecule has 1 unspecified atom stereocenters. The lowest BCUT2D eigenvalue weighted by atomic mass is 9.74. The van der Waals surface area contributed by atoms with Gasteiger partial charge in [-0.3, -0.25) is 14.4 Å². The number of carbonyl (C=O) groups excluding carboxylic acids is 3. The fraction of sp³-hybridized carbons (Fsp3) is 0.720. The number of esters is 1. The lowest BCUT2D eigenvalue weighted by molar-refractivity contribution is -0.154. The summed E-state index contributed by atoms with van der Waals surface area (Å²) in [4.78, 5) is 44.9. The minimum atomic E-state index is -0.821. The molecule has 4 aliphatic heterocycles. The van der Waals surface area contributed by atoms with Crippen LogP contribution in [0.4, 0.5) is 0 Å². The number of hydrogen-bond acceptors (Lipinski definition) is 6. The predicted octanol–water partition coefficient (Wildman–Crippen LogP) is 2.54. The summed E-state index contributed by atoms with van der Waals surface area (Å²) in [6, 6.07) is -0.668. The number of likely N-dealkylation sites (tertiary alicyclic amines) is 1. The lowest BCUT2D eigenvalue weighted by Crippen LogP contribution is -2.57. The van der Waals surface area contributed by atoms with Gasteiger partial charge in [0, 0.05) is 30.0 Å². The zero-order valence-corrected chi connectivity index (χ0v) is 20.9. The molecule has 0 aromatic carbocycles. The third-order valence-corrected chi connectivity index (χ3v) is 9.18. The van der Waals surface area contributed by atoms with Crippen LogP contribution in [0.2, 0.25) is 0 Å². The molecule has 0 aromatic rings. The van der Waals surface area contributed by atoms with Crippen LogP contribution in [0.5, 0.6) is 0 Å². The van der Waals surface area contributed by atoms with Gasteiger partial charge in [-0.25, -0.2) is 0 Å². The maximum absolute atomic E-state index is 14.1. The molecule has 5 atom stereocenters. The average Bonchev–Trinajstić information content (AvgIpc) is 3.03. The van der Waals surface area contributed by atoms with Gasteiger partial charge in [0.25, 0.3) is 0 Å². The summed E-state index contributed by atoms with van der Waals surface area (Å²) in [7, 11) is 0. The number of rotatable bonds is 5. The van der Waals surface area contributed by atoms with Crippen LogP contribution in [0.3, 0.4) is 0 Å². The van der Waals surface area contributed by atoms with E-state index in [2.05, 4.69) is 6.08 Å². The van der Waals surface area contributed by atoms with E-state index in [0.29, 0.717) is 39.0 Å². The molecule has 8 heteroatoms. The number of fused-ring (bicyclic) bond motifs is 2. The van der Waals surface area contributed by atoms with Gasteiger partial charge in [0.2, 0.25) is 11.8 Å². The van der Waals surface area contributed by atoms with E-state index in [1.807, 2.05) is 50.8 Å². The molecule has 0 aliphatic carbocycles. The van der Waals surface area contributed by atoms with Crippen molar-refractivity contribution >= 4 is 29.5 Å². The highest BCUT2D eigenvalue weighted by atomic mass is 32.2. The van der Waals surface area contributed by atoms with Crippen LogP contribution in [0.1, 0.15) is 53.4 Å². The van der Waals surface area contributed by atoms with Crippen molar-refractivity contribution in [2.45, 2.75) is 74.5 Å². The molecule has 1 N–H and O–H groups in total. The first-order chi connectivity index (χ1) is 15.6. The van der Waals surface area contributed by atoms with Crippen molar-refractivity contribution in [1.29, 1.82) is 0 Å². The first kappa shape index (κ1) is 24.3. The van der Waals surface area contributed by atoms with Gasteiger partial charge in [-0.05, 0) is 53.4 Å². The number of aliphatic hydroxyl groups is 1. The second-order valence-corrected chi connectivity index (χ2v) is 12.5. The maximum atomic E-state index is 14.1. The number of carbonyl (C=O) groups is 3. The van der Waals surface area contributed by atoms with Gasteiger partial charge >= 0.3 is 5.97 Å². The van der Waals surface area contributed by atoms with Gasteiger partial charge < -0.3 is 19.6 Å². The Morgan fingerprint density at radius 2 is 1.85 bits per heavy atom. The van der Waals surface area contributed by atoms with Gasteiger partial charge in [-0.2, -0.15) is 0 Å². The van der Waals surface area contributed by atoms with Gasteiger partial charge in [0.05, 0.1) is 23.2 Å². The molecule has 0 aromatic heterocycles. The Morgan fingerprint density at radius 1 is 1.09 bits per heavy atom. The molecule has 4 rings (SSSR count). The van der Waals surface area contributed by atoms with E-state index in [4.69, 9.17) is 9.84 Å². The second kappa shape index (κ2) is 8.77. The Bertz CT molecular complexity index is 881. The summed E-state index contributed by atoms with van der Waals surface area (Å²) < 4.78 is 4.11. The number of amides is 2. The van der Waals surface area contributed by atoms with Crippen LogP contribution in [0, 0.1) is 11.8 Å².